The lowest BCUT2D eigenvalue weighted by molar-refractivity contribution is 0.0464. The van der Waals surface area contributed by atoms with E-state index in [2.05, 4.69) is 10.1 Å². The Morgan fingerprint density at radius 3 is 2.75 bits per heavy atom. The molecule has 0 aliphatic rings. The molecule has 0 aliphatic heterocycles. The minimum absolute atomic E-state index is 0.0436. The van der Waals surface area contributed by atoms with E-state index in [4.69, 9.17) is 9.26 Å². The summed E-state index contributed by atoms with van der Waals surface area (Å²) < 4.78 is 36.6. The van der Waals surface area contributed by atoms with Crippen LogP contribution in [-0.4, -0.2) is 16.1 Å². The number of nitrogens with zero attached hydrogens (tertiary/aromatic N) is 1. The molecule has 0 spiro atoms. The van der Waals surface area contributed by atoms with E-state index >= 15 is 0 Å². The van der Waals surface area contributed by atoms with Crippen molar-refractivity contribution in [2.75, 3.05) is 0 Å². The average molecular weight is 332 g/mol. The van der Waals surface area contributed by atoms with Crippen LogP contribution in [0.5, 0.6) is 0 Å². The molecule has 2 aromatic heterocycles. The third kappa shape index (κ3) is 3.37. The van der Waals surface area contributed by atoms with Crippen LogP contribution in [0.15, 0.2) is 51.9 Å². The number of rotatable bonds is 4. The molecule has 0 saturated heterocycles. The summed E-state index contributed by atoms with van der Waals surface area (Å²) in [6, 6.07) is 6.95. The number of hydrogen-bond donors (Lipinski definition) is 1. The summed E-state index contributed by atoms with van der Waals surface area (Å²) in [5, 5.41) is 3.67. The van der Waals surface area contributed by atoms with Gasteiger partial charge in [0.05, 0.1) is 11.1 Å². The Balaban J connectivity index is 1.69. The Labute approximate surface area is 133 Å². The van der Waals surface area contributed by atoms with Gasteiger partial charge in [-0.3, -0.25) is 4.79 Å². The SMILES string of the molecule is O=C(OCc1cc(-c2ccc(F)cc2F)on1)c1ccc(=O)[nH]c1. The number of aromatic amines is 1. The van der Waals surface area contributed by atoms with E-state index in [0.717, 1.165) is 12.1 Å². The maximum atomic E-state index is 13.7. The standard InChI is InChI=1S/C16H10F2N2O4/c17-10-2-3-12(13(18)5-10)14-6-11(20-24-14)8-23-16(22)9-1-4-15(21)19-7-9/h1-7H,8H2,(H,19,21). The number of aromatic nitrogens is 2. The van der Waals surface area contributed by atoms with Crippen LogP contribution in [0.3, 0.4) is 0 Å². The monoisotopic (exact) mass is 332 g/mol. The largest absolute Gasteiger partial charge is 0.455 e. The van der Waals surface area contributed by atoms with Gasteiger partial charge in [0.15, 0.2) is 5.76 Å². The Bertz CT molecular complexity index is 929. The van der Waals surface area contributed by atoms with E-state index in [1.54, 1.807) is 0 Å². The molecule has 1 aromatic carbocycles. The second kappa shape index (κ2) is 6.45. The number of carbonyl (C=O) groups is 1. The number of hydrogen-bond acceptors (Lipinski definition) is 5. The number of ether oxygens (including phenoxy) is 1. The highest BCUT2D eigenvalue weighted by molar-refractivity contribution is 5.88. The Morgan fingerprint density at radius 1 is 1.21 bits per heavy atom. The van der Waals surface area contributed by atoms with Gasteiger partial charge in [0, 0.05) is 24.4 Å². The fraction of sp³-hybridized carbons (Fsp3) is 0.0625. The summed E-state index contributed by atoms with van der Waals surface area (Å²) in [5.74, 6) is -2.07. The molecule has 2 heterocycles. The van der Waals surface area contributed by atoms with Crippen molar-refractivity contribution in [2.24, 2.45) is 0 Å². The van der Waals surface area contributed by atoms with Gasteiger partial charge >= 0.3 is 5.97 Å². The van der Waals surface area contributed by atoms with Crippen LogP contribution in [0.2, 0.25) is 0 Å². The minimum atomic E-state index is -0.789. The molecule has 0 unspecified atom stereocenters. The molecular formula is C16H10F2N2O4. The third-order valence-electron chi connectivity index (χ3n) is 3.13. The number of halogens is 2. The van der Waals surface area contributed by atoms with Crippen molar-refractivity contribution < 1.29 is 22.8 Å². The van der Waals surface area contributed by atoms with Crippen molar-refractivity contribution in [2.45, 2.75) is 6.61 Å². The van der Waals surface area contributed by atoms with Crippen molar-refractivity contribution in [3.8, 4) is 11.3 Å². The van der Waals surface area contributed by atoms with Crippen LogP contribution in [0.1, 0.15) is 16.1 Å². The molecule has 0 radical (unpaired) electrons. The van der Waals surface area contributed by atoms with Gasteiger partial charge in [-0.25, -0.2) is 13.6 Å². The van der Waals surface area contributed by atoms with Crippen molar-refractivity contribution >= 4 is 5.97 Å². The molecule has 6 nitrogen and oxygen atoms in total. The van der Waals surface area contributed by atoms with E-state index in [0.29, 0.717) is 0 Å². The predicted molar refractivity (Wildman–Crippen MR) is 78.0 cm³/mol. The summed E-state index contributed by atoms with van der Waals surface area (Å²) in [4.78, 5) is 25.1. The first-order valence-corrected chi connectivity index (χ1v) is 6.80. The predicted octanol–water partition coefficient (Wildman–Crippen LogP) is 2.67. The second-order valence-corrected chi connectivity index (χ2v) is 4.82. The zero-order chi connectivity index (χ0) is 17.1. The molecule has 8 heteroatoms. The molecule has 0 atom stereocenters. The summed E-state index contributed by atoms with van der Waals surface area (Å²) in [6.45, 7) is -0.204. The Kier molecular flexibility index (Phi) is 4.19. The van der Waals surface area contributed by atoms with Crippen molar-refractivity contribution in [3.05, 3.63) is 75.8 Å². The van der Waals surface area contributed by atoms with Gasteiger partial charge < -0.3 is 14.2 Å². The molecule has 0 saturated carbocycles. The summed E-state index contributed by atoms with van der Waals surface area (Å²) >= 11 is 0. The number of carbonyl (C=O) groups excluding carboxylic acids is 1. The highest BCUT2D eigenvalue weighted by Gasteiger charge is 2.14. The summed E-state index contributed by atoms with van der Waals surface area (Å²) in [5.41, 5.74) is 0.130. The third-order valence-corrected chi connectivity index (χ3v) is 3.13. The molecular weight excluding hydrogens is 322 g/mol. The number of pyridine rings is 1. The van der Waals surface area contributed by atoms with Crippen LogP contribution in [0.25, 0.3) is 11.3 Å². The van der Waals surface area contributed by atoms with E-state index in [9.17, 15) is 18.4 Å². The number of benzene rings is 1. The molecule has 24 heavy (non-hydrogen) atoms. The van der Waals surface area contributed by atoms with E-state index in [1.165, 1.54) is 30.5 Å². The molecule has 1 N–H and O–H groups in total. The number of H-pyrrole nitrogens is 1. The topological polar surface area (TPSA) is 85.2 Å². The summed E-state index contributed by atoms with van der Waals surface area (Å²) in [6.07, 6.45) is 1.23. The normalized spacial score (nSPS) is 10.6. The zero-order valence-electron chi connectivity index (χ0n) is 12.1. The first-order chi connectivity index (χ1) is 11.5. The van der Waals surface area contributed by atoms with Gasteiger partial charge in [0.1, 0.15) is 23.9 Å². The number of nitrogens with one attached hydrogen (secondary N) is 1. The van der Waals surface area contributed by atoms with Crippen LogP contribution in [0, 0.1) is 11.6 Å². The van der Waals surface area contributed by atoms with Gasteiger partial charge in [-0.2, -0.15) is 0 Å². The van der Waals surface area contributed by atoms with Gasteiger partial charge in [0.25, 0.3) is 0 Å². The lowest BCUT2D eigenvalue weighted by Crippen LogP contribution is -2.09. The van der Waals surface area contributed by atoms with Crippen molar-refractivity contribution in [3.63, 3.8) is 0 Å². The molecule has 0 fully saturated rings. The smallest absolute Gasteiger partial charge is 0.340 e. The molecule has 3 rings (SSSR count). The average Bonchev–Trinajstić information content (AvgIpc) is 3.02. The van der Waals surface area contributed by atoms with Crippen molar-refractivity contribution in [1.29, 1.82) is 0 Å². The van der Waals surface area contributed by atoms with E-state index in [-0.39, 0.29) is 34.7 Å². The van der Waals surface area contributed by atoms with Crippen molar-refractivity contribution in [1.82, 2.24) is 10.1 Å². The summed E-state index contributed by atoms with van der Waals surface area (Å²) in [7, 11) is 0. The fourth-order valence-electron chi connectivity index (χ4n) is 1.96. The second-order valence-electron chi connectivity index (χ2n) is 4.82. The van der Waals surface area contributed by atoms with Crippen LogP contribution >= 0.6 is 0 Å². The lowest BCUT2D eigenvalue weighted by Gasteiger charge is -2.01. The van der Waals surface area contributed by atoms with Gasteiger partial charge in [-0.15, -0.1) is 0 Å². The maximum absolute atomic E-state index is 13.7. The first kappa shape index (κ1) is 15.6. The van der Waals surface area contributed by atoms with Crippen LogP contribution in [-0.2, 0) is 11.3 Å². The Hall–Kier alpha value is -3.29. The quantitative estimate of drug-likeness (QED) is 0.743. The minimum Gasteiger partial charge on any atom is -0.455 e. The molecule has 0 bridgehead atoms. The molecule has 0 aliphatic carbocycles. The molecule has 0 amide bonds. The zero-order valence-corrected chi connectivity index (χ0v) is 12.1. The fourth-order valence-corrected chi connectivity index (χ4v) is 1.96. The van der Waals surface area contributed by atoms with Gasteiger partial charge in [-0.1, -0.05) is 5.16 Å². The van der Waals surface area contributed by atoms with Crippen LogP contribution in [0.4, 0.5) is 8.78 Å². The molecule has 3 aromatic rings. The van der Waals surface area contributed by atoms with E-state index < -0.39 is 17.6 Å². The Morgan fingerprint density at radius 2 is 2.04 bits per heavy atom. The van der Waals surface area contributed by atoms with Crippen LogP contribution < -0.4 is 5.56 Å². The van der Waals surface area contributed by atoms with Gasteiger partial charge in [0.2, 0.25) is 5.56 Å². The molecule has 122 valence electrons. The highest BCUT2D eigenvalue weighted by atomic mass is 19.1. The maximum Gasteiger partial charge on any atom is 0.340 e. The van der Waals surface area contributed by atoms with E-state index in [1.807, 2.05) is 0 Å². The lowest BCUT2D eigenvalue weighted by atomic mass is 10.1. The number of esters is 1. The highest BCUT2D eigenvalue weighted by Crippen LogP contribution is 2.24. The van der Waals surface area contributed by atoms with Gasteiger partial charge in [-0.05, 0) is 18.2 Å². The first-order valence-electron chi connectivity index (χ1n) is 6.80.